The minimum atomic E-state index is -1.07. The summed E-state index contributed by atoms with van der Waals surface area (Å²) in [6.45, 7) is 4.66. The maximum absolute atomic E-state index is 13.8. The molecule has 3 N–H and O–H groups in total. The molecule has 1 rings (SSSR count). The van der Waals surface area contributed by atoms with Crippen LogP contribution >= 0.6 is 0 Å². The fourth-order valence-electron chi connectivity index (χ4n) is 1.47. The molecule has 0 saturated heterocycles. The predicted octanol–water partition coefficient (Wildman–Crippen LogP) is 1.82. The van der Waals surface area contributed by atoms with Crippen molar-refractivity contribution < 1.29 is 19.0 Å². The molecule has 0 saturated carbocycles. The van der Waals surface area contributed by atoms with Gasteiger partial charge in [0, 0.05) is 12.1 Å². The van der Waals surface area contributed by atoms with Crippen molar-refractivity contribution in [3.05, 3.63) is 28.6 Å². The number of carbonyl (C=O) groups excluding carboxylic acids is 1. The van der Waals surface area contributed by atoms with Gasteiger partial charge >= 0.3 is 5.97 Å². The maximum Gasteiger partial charge on any atom is 0.342 e. The second-order valence-electron chi connectivity index (χ2n) is 4.93. The first-order chi connectivity index (χ1) is 8.71. The lowest BCUT2D eigenvalue weighted by Crippen LogP contribution is -2.24. The van der Waals surface area contributed by atoms with E-state index < -0.39 is 23.1 Å². The highest BCUT2D eigenvalue weighted by atomic mass is 19.1. The molecule has 0 bridgehead atoms. The molecule has 0 atom stereocenters. The normalized spacial score (nSPS) is 10.9. The highest BCUT2D eigenvalue weighted by Gasteiger charge is 2.25. The zero-order valence-corrected chi connectivity index (χ0v) is 11.0. The van der Waals surface area contributed by atoms with Gasteiger partial charge in [-0.05, 0) is 26.8 Å². The van der Waals surface area contributed by atoms with Crippen LogP contribution in [0.15, 0.2) is 6.07 Å². The molecule has 0 aromatic heterocycles. The molecule has 6 heteroatoms. The average molecular weight is 266 g/mol. The Labute approximate surface area is 110 Å². The first-order valence-corrected chi connectivity index (χ1v) is 5.59. The van der Waals surface area contributed by atoms with Gasteiger partial charge in [0.1, 0.15) is 11.2 Å². The molecule has 19 heavy (non-hydrogen) atoms. The lowest BCUT2D eigenvalue weighted by atomic mass is 10.0. The third kappa shape index (κ3) is 3.20. The van der Waals surface area contributed by atoms with Gasteiger partial charge in [-0.2, -0.15) is 5.26 Å². The van der Waals surface area contributed by atoms with Crippen LogP contribution in [0.1, 0.15) is 42.3 Å². The zero-order valence-electron chi connectivity index (χ0n) is 11.0. The van der Waals surface area contributed by atoms with Crippen molar-refractivity contribution in [3.63, 3.8) is 0 Å². The Hall–Kier alpha value is -2.13. The van der Waals surface area contributed by atoms with Crippen LogP contribution in [0, 0.1) is 17.1 Å². The Morgan fingerprint density at radius 1 is 1.58 bits per heavy atom. The summed E-state index contributed by atoms with van der Waals surface area (Å²) in [5, 5.41) is 18.6. The Morgan fingerprint density at radius 3 is 2.58 bits per heavy atom. The molecule has 0 aliphatic carbocycles. The van der Waals surface area contributed by atoms with Crippen LogP contribution in [0.2, 0.25) is 0 Å². The summed E-state index contributed by atoms with van der Waals surface area (Å²) in [5.41, 5.74) is 3.89. The summed E-state index contributed by atoms with van der Waals surface area (Å²) in [6.07, 6.45) is 0. The van der Waals surface area contributed by atoms with E-state index in [-0.39, 0.29) is 23.2 Å². The number of nitrogens with two attached hydrogens (primary N) is 1. The molecular weight excluding hydrogens is 251 g/mol. The van der Waals surface area contributed by atoms with E-state index in [1.807, 2.05) is 0 Å². The Balaban J connectivity index is 3.35. The second kappa shape index (κ2) is 5.24. The third-order valence-electron chi connectivity index (χ3n) is 2.29. The van der Waals surface area contributed by atoms with Crippen LogP contribution in [0.25, 0.3) is 0 Å². The lowest BCUT2D eigenvalue weighted by Gasteiger charge is -2.20. The van der Waals surface area contributed by atoms with Crippen LogP contribution in [0.4, 0.5) is 4.39 Å². The fraction of sp³-hybridized carbons (Fsp3) is 0.385. The SMILES string of the molecule is CC(C)(C)OC(=O)c1cc(C#N)c(CN)c(F)c1O. The van der Waals surface area contributed by atoms with Crippen LogP contribution in [0.3, 0.4) is 0 Å². The van der Waals surface area contributed by atoms with E-state index in [0.717, 1.165) is 6.07 Å². The van der Waals surface area contributed by atoms with Gasteiger partial charge in [-0.3, -0.25) is 0 Å². The molecule has 0 fully saturated rings. The Morgan fingerprint density at radius 2 is 2.16 bits per heavy atom. The van der Waals surface area contributed by atoms with E-state index in [0.29, 0.717) is 0 Å². The van der Waals surface area contributed by atoms with Crippen molar-refractivity contribution >= 4 is 5.97 Å². The third-order valence-corrected chi connectivity index (χ3v) is 2.29. The number of carbonyl (C=O) groups is 1. The van der Waals surface area contributed by atoms with Gasteiger partial charge in [0.2, 0.25) is 0 Å². The molecule has 0 aliphatic rings. The number of esters is 1. The number of ether oxygens (including phenoxy) is 1. The van der Waals surface area contributed by atoms with Crippen molar-refractivity contribution in [1.29, 1.82) is 5.26 Å². The summed E-state index contributed by atoms with van der Waals surface area (Å²) < 4.78 is 18.8. The minimum absolute atomic E-state index is 0.0985. The van der Waals surface area contributed by atoms with E-state index in [4.69, 9.17) is 15.7 Å². The average Bonchev–Trinajstić information content (AvgIpc) is 2.29. The van der Waals surface area contributed by atoms with Gasteiger partial charge in [0.05, 0.1) is 11.6 Å². The Kier molecular flexibility index (Phi) is 4.12. The van der Waals surface area contributed by atoms with Gasteiger partial charge in [-0.25, -0.2) is 9.18 Å². The molecular formula is C13H15FN2O3. The number of halogens is 1. The highest BCUT2D eigenvalue weighted by Crippen LogP contribution is 2.29. The van der Waals surface area contributed by atoms with E-state index >= 15 is 0 Å². The van der Waals surface area contributed by atoms with Gasteiger partial charge in [0.15, 0.2) is 11.6 Å². The van der Waals surface area contributed by atoms with Crippen molar-refractivity contribution in [2.45, 2.75) is 32.9 Å². The number of benzene rings is 1. The summed E-state index contributed by atoms with van der Waals surface area (Å²) in [6, 6.07) is 2.81. The van der Waals surface area contributed by atoms with E-state index in [1.165, 1.54) is 0 Å². The quantitative estimate of drug-likeness (QED) is 0.796. The van der Waals surface area contributed by atoms with Crippen LogP contribution < -0.4 is 5.73 Å². The standard InChI is InChI=1S/C13H15FN2O3/c1-13(2,3)19-12(18)8-4-7(5-15)9(6-16)10(14)11(8)17/h4,17H,6,16H2,1-3H3. The number of rotatable bonds is 2. The van der Waals surface area contributed by atoms with Crippen molar-refractivity contribution in [3.8, 4) is 11.8 Å². The molecule has 0 aliphatic heterocycles. The summed E-state index contributed by atoms with van der Waals surface area (Å²) in [4.78, 5) is 11.8. The number of aromatic hydroxyl groups is 1. The maximum atomic E-state index is 13.8. The molecule has 0 heterocycles. The molecule has 1 aromatic rings. The monoisotopic (exact) mass is 266 g/mol. The largest absolute Gasteiger partial charge is 0.504 e. The highest BCUT2D eigenvalue weighted by molar-refractivity contribution is 5.93. The number of hydrogen-bond acceptors (Lipinski definition) is 5. The van der Waals surface area contributed by atoms with Crippen molar-refractivity contribution in [1.82, 2.24) is 0 Å². The van der Waals surface area contributed by atoms with Crippen molar-refractivity contribution in [2.75, 3.05) is 0 Å². The fourth-order valence-corrected chi connectivity index (χ4v) is 1.47. The predicted molar refractivity (Wildman–Crippen MR) is 65.8 cm³/mol. The molecule has 0 unspecified atom stereocenters. The van der Waals surface area contributed by atoms with E-state index in [1.54, 1.807) is 26.8 Å². The lowest BCUT2D eigenvalue weighted by molar-refractivity contribution is 0.00659. The van der Waals surface area contributed by atoms with Gasteiger partial charge in [0.25, 0.3) is 0 Å². The smallest absolute Gasteiger partial charge is 0.342 e. The molecule has 0 amide bonds. The van der Waals surface area contributed by atoms with Crippen molar-refractivity contribution in [2.24, 2.45) is 5.73 Å². The number of nitriles is 1. The van der Waals surface area contributed by atoms with Gasteiger partial charge < -0.3 is 15.6 Å². The molecule has 5 nitrogen and oxygen atoms in total. The molecule has 0 spiro atoms. The van der Waals surface area contributed by atoms with Gasteiger partial charge in [-0.15, -0.1) is 0 Å². The van der Waals surface area contributed by atoms with E-state index in [9.17, 15) is 14.3 Å². The second-order valence-corrected chi connectivity index (χ2v) is 4.93. The summed E-state index contributed by atoms with van der Waals surface area (Å²) >= 11 is 0. The topological polar surface area (TPSA) is 96.3 Å². The molecule has 1 aromatic carbocycles. The molecule has 102 valence electrons. The minimum Gasteiger partial charge on any atom is -0.504 e. The number of phenols is 1. The van der Waals surface area contributed by atoms with Crippen LogP contribution in [0.5, 0.6) is 5.75 Å². The van der Waals surface area contributed by atoms with E-state index in [2.05, 4.69) is 0 Å². The van der Waals surface area contributed by atoms with Crippen LogP contribution in [-0.2, 0) is 11.3 Å². The number of hydrogen-bond donors (Lipinski definition) is 2. The summed E-state index contributed by atoms with van der Waals surface area (Å²) in [5.74, 6) is -2.82. The number of phenolic OH excluding ortho intramolecular Hbond substituents is 1. The van der Waals surface area contributed by atoms with Crippen LogP contribution in [-0.4, -0.2) is 16.7 Å². The zero-order chi connectivity index (χ0) is 14.8. The first-order valence-electron chi connectivity index (χ1n) is 5.59. The Bertz CT molecular complexity index is 556. The van der Waals surface area contributed by atoms with Gasteiger partial charge in [-0.1, -0.05) is 0 Å². The molecule has 0 radical (unpaired) electrons. The summed E-state index contributed by atoms with van der Waals surface area (Å²) in [7, 11) is 0. The number of nitrogens with zero attached hydrogens (tertiary/aromatic N) is 1. The first kappa shape index (κ1) is 14.9.